The van der Waals surface area contributed by atoms with Crippen LogP contribution in [-0.2, 0) is 10.0 Å². The van der Waals surface area contributed by atoms with E-state index in [0.29, 0.717) is 34.4 Å². The van der Waals surface area contributed by atoms with E-state index in [1.807, 2.05) is 0 Å². The van der Waals surface area contributed by atoms with Gasteiger partial charge in [0.25, 0.3) is 0 Å². The smallest absolute Gasteiger partial charge is 0.229 e. The molecule has 0 radical (unpaired) electrons. The van der Waals surface area contributed by atoms with Gasteiger partial charge in [-0.15, -0.1) is 0 Å². The molecule has 0 bridgehead atoms. The van der Waals surface area contributed by atoms with Gasteiger partial charge in [0.1, 0.15) is 5.82 Å². The number of anilines is 3. The van der Waals surface area contributed by atoms with Crippen LogP contribution in [0.2, 0.25) is 0 Å². The van der Waals surface area contributed by atoms with Crippen LogP contribution in [0.5, 0.6) is 17.2 Å². The van der Waals surface area contributed by atoms with E-state index in [4.69, 9.17) is 14.2 Å². The second-order valence-corrected chi connectivity index (χ2v) is 6.59. The largest absolute Gasteiger partial charge is 0.493 e. The molecule has 0 atom stereocenters. The number of aromatic nitrogens is 1. The van der Waals surface area contributed by atoms with Crippen molar-refractivity contribution in [3.05, 3.63) is 30.5 Å². The number of pyridine rings is 1. The van der Waals surface area contributed by atoms with Gasteiger partial charge in [-0.3, -0.25) is 4.72 Å². The number of benzene rings is 1. The Kier molecular flexibility index (Phi) is 5.35. The van der Waals surface area contributed by atoms with Crippen LogP contribution in [0, 0.1) is 0 Å². The van der Waals surface area contributed by atoms with Gasteiger partial charge in [0.15, 0.2) is 11.5 Å². The standard InChI is InChI=1S/C15H19N3O5S/c1-21-12-7-11(8-13(22-2)15(12)23-3)17-14-6-5-10(9-16-14)18-24(4,19)20/h5-9,18H,1-4H3,(H,16,17). The normalized spacial score (nSPS) is 10.8. The van der Waals surface area contributed by atoms with Crippen LogP contribution in [0.25, 0.3) is 0 Å². The Morgan fingerprint density at radius 2 is 1.58 bits per heavy atom. The molecule has 1 heterocycles. The summed E-state index contributed by atoms with van der Waals surface area (Å²) in [7, 11) is 1.26. The quantitative estimate of drug-likeness (QED) is 0.787. The molecular weight excluding hydrogens is 334 g/mol. The monoisotopic (exact) mass is 353 g/mol. The van der Waals surface area contributed by atoms with E-state index in [0.717, 1.165) is 6.26 Å². The Bertz CT molecular complexity index is 781. The first-order chi connectivity index (χ1) is 11.4. The highest BCUT2D eigenvalue weighted by atomic mass is 32.2. The van der Waals surface area contributed by atoms with Crippen molar-refractivity contribution in [1.82, 2.24) is 4.98 Å². The van der Waals surface area contributed by atoms with Crippen molar-refractivity contribution in [3.63, 3.8) is 0 Å². The summed E-state index contributed by atoms with van der Waals surface area (Å²) in [5.41, 5.74) is 1.06. The van der Waals surface area contributed by atoms with Gasteiger partial charge in [-0.2, -0.15) is 0 Å². The maximum absolute atomic E-state index is 11.2. The van der Waals surface area contributed by atoms with Gasteiger partial charge < -0.3 is 19.5 Å². The number of hydrogen-bond donors (Lipinski definition) is 2. The molecule has 0 saturated heterocycles. The molecule has 24 heavy (non-hydrogen) atoms. The molecular formula is C15H19N3O5S. The molecule has 2 rings (SSSR count). The van der Waals surface area contributed by atoms with Crippen LogP contribution in [0.3, 0.4) is 0 Å². The van der Waals surface area contributed by atoms with Crippen LogP contribution in [0.4, 0.5) is 17.2 Å². The first kappa shape index (κ1) is 17.7. The lowest BCUT2D eigenvalue weighted by Gasteiger charge is -2.15. The average Bonchev–Trinajstić information content (AvgIpc) is 2.54. The van der Waals surface area contributed by atoms with E-state index in [1.165, 1.54) is 27.5 Å². The topological polar surface area (TPSA) is 98.8 Å². The van der Waals surface area contributed by atoms with Gasteiger partial charge in [0.2, 0.25) is 15.8 Å². The molecule has 0 aliphatic carbocycles. The van der Waals surface area contributed by atoms with Gasteiger partial charge in [0, 0.05) is 17.8 Å². The minimum Gasteiger partial charge on any atom is -0.493 e. The van der Waals surface area contributed by atoms with Crippen molar-refractivity contribution in [1.29, 1.82) is 0 Å². The Balaban J connectivity index is 2.24. The fourth-order valence-corrected chi connectivity index (χ4v) is 2.59. The summed E-state index contributed by atoms with van der Waals surface area (Å²) in [6, 6.07) is 6.74. The minimum atomic E-state index is -3.33. The number of methoxy groups -OCH3 is 3. The van der Waals surface area contributed by atoms with E-state index in [-0.39, 0.29) is 0 Å². The van der Waals surface area contributed by atoms with Crippen LogP contribution >= 0.6 is 0 Å². The molecule has 2 N–H and O–H groups in total. The molecule has 8 nitrogen and oxygen atoms in total. The van der Waals surface area contributed by atoms with Crippen LogP contribution in [-0.4, -0.2) is 41.0 Å². The van der Waals surface area contributed by atoms with E-state index in [9.17, 15) is 8.42 Å². The fraction of sp³-hybridized carbons (Fsp3) is 0.267. The fourth-order valence-electron chi connectivity index (χ4n) is 2.04. The number of ether oxygens (including phenoxy) is 3. The predicted molar refractivity (Wildman–Crippen MR) is 92.1 cm³/mol. The lowest BCUT2D eigenvalue weighted by atomic mass is 10.2. The predicted octanol–water partition coefficient (Wildman–Crippen LogP) is 2.22. The summed E-state index contributed by atoms with van der Waals surface area (Å²) in [5, 5.41) is 3.09. The Hall–Kier alpha value is -2.68. The summed E-state index contributed by atoms with van der Waals surface area (Å²) >= 11 is 0. The third kappa shape index (κ3) is 4.42. The maximum atomic E-state index is 11.2. The third-order valence-corrected chi connectivity index (χ3v) is 3.61. The summed E-state index contributed by atoms with van der Waals surface area (Å²) < 4.78 is 40.6. The number of nitrogens with zero attached hydrogens (tertiary/aromatic N) is 1. The molecule has 0 aliphatic rings. The highest BCUT2D eigenvalue weighted by molar-refractivity contribution is 7.92. The minimum absolute atomic E-state index is 0.382. The Labute approximate surface area is 140 Å². The van der Waals surface area contributed by atoms with Crippen molar-refractivity contribution < 1.29 is 22.6 Å². The van der Waals surface area contributed by atoms with Gasteiger partial charge in [0.05, 0.1) is 39.5 Å². The van der Waals surface area contributed by atoms with E-state index in [2.05, 4.69) is 15.0 Å². The van der Waals surface area contributed by atoms with Gasteiger partial charge in [-0.05, 0) is 12.1 Å². The Morgan fingerprint density at radius 1 is 0.958 bits per heavy atom. The van der Waals surface area contributed by atoms with Crippen LogP contribution < -0.4 is 24.2 Å². The zero-order valence-electron chi connectivity index (χ0n) is 13.8. The molecule has 1 aromatic heterocycles. The highest BCUT2D eigenvalue weighted by Crippen LogP contribution is 2.40. The molecule has 0 spiro atoms. The van der Waals surface area contributed by atoms with Crippen molar-refractivity contribution in [2.75, 3.05) is 37.6 Å². The van der Waals surface area contributed by atoms with E-state index >= 15 is 0 Å². The van der Waals surface area contributed by atoms with E-state index < -0.39 is 10.0 Å². The lowest BCUT2D eigenvalue weighted by molar-refractivity contribution is 0.324. The number of nitrogens with one attached hydrogen (secondary N) is 2. The summed E-state index contributed by atoms with van der Waals surface area (Å²) in [4.78, 5) is 4.16. The molecule has 2 aromatic rings. The summed E-state index contributed by atoms with van der Waals surface area (Å²) in [6.07, 6.45) is 2.50. The number of rotatable bonds is 7. The summed E-state index contributed by atoms with van der Waals surface area (Å²) in [6.45, 7) is 0. The zero-order valence-corrected chi connectivity index (χ0v) is 14.6. The molecule has 0 amide bonds. The van der Waals surface area contributed by atoms with Crippen molar-refractivity contribution >= 4 is 27.2 Å². The second kappa shape index (κ2) is 7.26. The first-order valence-corrected chi connectivity index (χ1v) is 8.76. The molecule has 0 unspecified atom stereocenters. The molecule has 0 fully saturated rings. The molecule has 0 aliphatic heterocycles. The van der Waals surface area contributed by atoms with Crippen LogP contribution in [0.1, 0.15) is 0 Å². The Morgan fingerprint density at radius 3 is 2.00 bits per heavy atom. The van der Waals surface area contributed by atoms with Crippen molar-refractivity contribution in [2.45, 2.75) is 0 Å². The average molecular weight is 353 g/mol. The van der Waals surface area contributed by atoms with Crippen LogP contribution in [0.15, 0.2) is 30.5 Å². The molecule has 9 heteroatoms. The molecule has 130 valence electrons. The zero-order chi connectivity index (χ0) is 17.7. The van der Waals surface area contributed by atoms with Gasteiger partial charge in [-0.25, -0.2) is 13.4 Å². The lowest BCUT2D eigenvalue weighted by Crippen LogP contribution is -2.09. The first-order valence-electron chi connectivity index (χ1n) is 6.87. The van der Waals surface area contributed by atoms with E-state index in [1.54, 1.807) is 24.3 Å². The SMILES string of the molecule is COc1cc(Nc2ccc(NS(C)(=O)=O)cn2)cc(OC)c1OC. The highest BCUT2D eigenvalue weighted by Gasteiger charge is 2.13. The number of sulfonamides is 1. The third-order valence-electron chi connectivity index (χ3n) is 3.00. The maximum Gasteiger partial charge on any atom is 0.229 e. The second-order valence-electron chi connectivity index (χ2n) is 4.85. The van der Waals surface area contributed by atoms with Crippen molar-refractivity contribution in [2.24, 2.45) is 0 Å². The number of hydrogen-bond acceptors (Lipinski definition) is 7. The van der Waals surface area contributed by atoms with Gasteiger partial charge >= 0.3 is 0 Å². The van der Waals surface area contributed by atoms with Gasteiger partial charge in [-0.1, -0.05) is 0 Å². The van der Waals surface area contributed by atoms with Crippen molar-refractivity contribution in [3.8, 4) is 17.2 Å². The molecule has 0 saturated carbocycles. The summed E-state index contributed by atoms with van der Waals surface area (Å²) in [5.74, 6) is 2.04. The molecule has 1 aromatic carbocycles.